The molecule has 0 aliphatic heterocycles. The molecule has 0 amide bonds. The molecule has 0 spiro atoms. The Morgan fingerprint density at radius 1 is 0.720 bits per heavy atom. The molecule has 0 radical (unpaired) electrons. The van der Waals surface area contributed by atoms with E-state index in [0.717, 1.165) is 18.0 Å². The number of nitrogens with zero attached hydrogens (tertiary/aromatic N) is 1. The van der Waals surface area contributed by atoms with Crippen LogP contribution in [0.15, 0.2) is 91.1 Å². The van der Waals surface area contributed by atoms with Crippen LogP contribution in [-0.2, 0) is 13.0 Å². The van der Waals surface area contributed by atoms with Crippen LogP contribution in [-0.4, -0.2) is 0 Å². The average molecular weight is 345 g/mol. The van der Waals surface area contributed by atoms with Crippen LogP contribution in [0.1, 0.15) is 16.8 Å². The maximum Gasteiger partial charge on any atom is 0.193 e. The molecule has 0 saturated carbocycles. The highest BCUT2D eigenvalue weighted by Crippen LogP contribution is 2.20. The van der Waals surface area contributed by atoms with Crippen LogP contribution >= 0.6 is 11.6 Å². The van der Waals surface area contributed by atoms with E-state index in [1.807, 2.05) is 12.1 Å². The Bertz CT molecular complexity index is 1010. The molecule has 2 heteroatoms. The van der Waals surface area contributed by atoms with Crippen LogP contribution in [0.2, 0.25) is 5.02 Å². The fraction of sp³-hybridized carbons (Fsp3) is 0.0870. The van der Waals surface area contributed by atoms with Crippen LogP contribution in [0, 0.1) is 0 Å². The number of aromatic nitrogens is 1. The van der Waals surface area contributed by atoms with Crippen molar-refractivity contribution in [3.8, 4) is 0 Å². The Morgan fingerprint density at radius 2 is 1.48 bits per heavy atom. The van der Waals surface area contributed by atoms with E-state index < -0.39 is 0 Å². The Hall–Kier alpha value is -2.64. The molecule has 4 aromatic rings. The highest BCUT2D eigenvalue weighted by molar-refractivity contribution is 6.30. The minimum atomic E-state index is 0.785. The summed E-state index contributed by atoms with van der Waals surface area (Å²) in [6.45, 7) is 0.863. The van der Waals surface area contributed by atoms with Gasteiger partial charge in [-0.25, -0.2) is 0 Å². The smallest absolute Gasteiger partial charge is 0.193 e. The summed E-state index contributed by atoms with van der Waals surface area (Å²) in [6.07, 6.45) is 3.05. The Labute approximate surface area is 153 Å². The van der Waals surface area contributed by atoms with E-state index in [0.29, 0.717) is 0 Å². The Balaban J connectivity index is 1.81. The molecule has 0 bridgehead atoms. The van der Waals surface area contributed by atoms with Gasteiger partial charge in [-0.15, -0.1) is 0 Å². The van der Waals surface area contributed by atoms with Crippen molar-refractivity contribution in [2.75, 3.05) is 0 Å². The van der Waals surface area contributed by atoms with Crippen molar-refractivity contribution in [2.45, 2.75) is 13.0 Å². The van der Waals surface area contributed by atoms with E-state index in [1.54, 1.807) is 0 Å². The number of pyridine rings is 1. The van der Waals surface area contributed by atoms with Crippen LogP contribution in [0.25, 0.3) is 10.8 Å². The van der Waals surface area contributed by atoms with Gasteiger partial charge in [0.25, 0.3) is 0 Å². The fourth-order valence-electron chi connectivity index (χ4n) is 3.29. The first-order valence-corrected chi connectivity index (χ1v) is 8.86. The topological polar surface area (TPSA) is 3.88 Å². The molecule has 0 aliphatic carbocycles. The van der Waals surface area contributed by atoms with E-state index >= 15 is 0 Å². The summed E-state index contributed by atoms with van der Waals surface area (Å²) in [6, 6.07) is 29.5. The van der Waals surface area contributed by atoms with Gasteiger partial charge in [-0.1, -0.05) is 72.3 Å². The lowest BCUT2D eigenvalue weighted by atomic mass is 10.0. The molecule has 1 nitrogen and oxygen atoms in total. The maximum atomic E-state index is 6.19. The minimum absolute atomic E-state index is 0.785. The number of fused-ring (bicyclic) bond motifs is 1. The van der Waals surface area contributed by atoms with Gasteiger partial charge < -0.3 is 0 Å². The van der Waals surface area contributed by atoms with Gasteiger partial charge in [-0.2, -0.15) is 4.57 Å². The lowest BCUT2D eigenvalue weighted by Crippen LogP contribution is -2.39. The second-order valence-electron chi connectivity index (χ2n) is 6.27. The highest BCUT2D eigenvalue weighted by Gasteiger charge is 2.16. The molecular weight excluding hydrogens is 326 g/mol. The van der Waals surface area contributed by atoms with Crippen LogP contribution in [0.3, 0.4) is 0 Å². The number of halogens is 1. The number of hydrogen-bond acceptors (Lipinski definition) is 0. The zero-order valence-corrected chi connectivity index (χ0v) is 14.7. The largest absolute Gasteiger partial charge is 0.197 e. The first-order chi connectivity index (χ1) is 12.3. The summed E-state index contributed by atoms with van der Waals surface area (Å²) in [7, 11) is 0. The van der Waals surface area contributed by atoms with E-state index in [1.165, 1.54) is 27.6 Å². The molecule has 4 rings (SSSR count). The summed E-state index contributed by atoms with van der Waals surface area (Å²) >= 11 is 6.19. The maximum absolute atomic E-state index is 6.19. The summed E-state index contributed by atoms with van der Waals surface area (Å²) in [5.41, 5.74) is 3.84. The molecule has 0 saturated heterocycles. The van der Waals surface area contributed by atoms with Crippen molar-refractivity contribution in [3.05, 3.63) is 113 Å². The summed E-state index contributed by atoms with van der Waals surface area (Å²) in [5.74, 6) is 0. The van der Waals surface area contributed by atoms with E-state index in [2.05, 4.69) is 83.6 Å². The molecule has 1 heterocycles. The quantitative estimate of drug-likeness (QED) is 0.435. The molecule has 0 unspecified atom stereocenters. The SMILES string of the molecule is Clc1cccc(Cc2c3ccccc3cc[n+]2Cc2ccccc2)c1. The summed E-state index contributed by atoms with van der Waals surface area (Å²) < 4.78 is 2.35. The molecule has 0 fully saturated rings. The van der Waals surface area contributed by atoms with Crippen molar-refractivity contribution in [1.82, 2.24) is 0 Å². The lowest BCUT2D eigenvalue weighted by molar-refractivity contribution is -0.693. The highest BCUT2D eigenvalue weighted by atomic mass is 35.5. The predicted molar refractivity (Wildman–Crippen MR) is 104 cm³/mol. The lowest BCUT2D eigenvalue weighted by Gasteiger charge is -2.09. The van der Waals surface area contributed by atoms with Crippen molar-refractivity contribution < 1.29 is 4.57 Å². The number of benzene rings is 3. The van der Waals surface area contributed by atoms with Crippen molar-refractivity contribution in [1.29, 1.82) is 0 Å². The number of rotatable bonds is 4. The number of hydrogen-bond donors (Lipinski definition) is 0. The second kappa shape index (κ2) is 7.08. The first kappa shape index (κ1) is 15.9. The third kappa shape index (κ3) is 3.57. The zero-order valence-electron chi connectivity index (χ0n) is 13.9. The van der Waals surface area contributed by atoms with Crippen molar-refractivity contribution in [3.63, 3.8) is 0 Å². The van der Waals surface area contributed by atoms with Gasteiger partial charge >= 0.3 is 0 Å². The minimum Gasteiger partial charge on any atom is -0.197 e. The third-order valence-corrected chi connectivity index (χ3v) is 4.74. The van der Waals surface area contributed by atoms with Gasteiger partial charge in [-0.05, 0) is 29.1 Å². The fourth-order valence-corrected chi connectivity index (χ4v) is 3.50. The first-order valence-electron chi connectivity index (χ1n) is 8.48. The molecule has 0 aliphatic rings. The molecule has 1 aromatic heterocycles. The summed E-state index contributed by atoms with van der Waals surface area (Å²) in [4.78, 5) is 0. The van der Waals surface area contributed by atoms with Gasteiger partial charge in [0, 0.05) is 22.0 Å². The summed E-state index contributed by atoms with van der Waals surface area (Å²) in [5, 5.41) is 3.34. The van der Waals surface area contributed by atoms with Crippen LogP contribution in [0.4, 0.5) is 0 Å². The third-order valence-electron chi connectivity index (χ3n) is 4.51. The monoisotopic (exact) mass is 344 g/mol. The van der Waals surface area contributed by atoms with Crippen molar-refractivity contribution in [2.24, 2.45) is 0 Å². The van der Waals surface area contributed by atoms with Crippen LogP contribution in [0.5, 0.6) is 0 Å². The second-order valence-corrected chi connectivity index (χ2v) is 6.71. The predicted octanol–water partition coefficient (Wildman–Crippen LogP) is 5.42. The van der Waals surface area contributed by atoms with Gasteiger partial charge in [0.1, 0.15) is 0 Å². The van der Waals surface area contributed by atoms with Gasteiger partial charge in [-0.3, -0.25) is 0 Å². The average Bonchev–Trinajstić information content (AvgIpc) is 2.65. The standard InChI is InChI=1S/C23H19ClN/c24-21-11-6-9-19(15-21)16-23-22-12-5-4-10-20(22)13-14-25(23)17-18-7-2-1-3-8-18/h1-15H,16-17H2/q+1. The molecule has 3 aromatic carbocycles. The Kier molecular flexibility index (Phi) is 4.49. The molecule has 0 N–H and O–H groups in total. The van der Waals surface area contributed by atoms with E-state index in [-0.39, 0.29) is 0 Å². The van der Waals surface area contributed by atoms with Gasteiger partial charge in [0.15, 0.2) is 18.4 Å². The van der Waals surface area contributed by atoms with Crippen molar-refractivity contribution >= 4 is 22.4 Å². The van der Waals surface area contributed by atoms with Gasteiger partial charge in [0.05, 0.1) is 6.42 Å². The van der Waals surface area contributed by atoms with E-state index in [9.17, 15) is 0 Å². The Morgan fingerprint density at radius 3 is 2.32 bits per heavy atom. The van der Waals surface area contributed by atoms with Gasteiger partial charge in [0.2, 0.25) is 0 Å². The normalized spacial score (nSPS) is 10.9. The van der Waals surface area contributed by atoms with Crippen LogP contribution < -0.4 is 4.57 Å². The molecular formula is C23H19ClN+. The molecule has 25 heavy (non-hydrogen) atoms. The zero-order chi connectivity index (χ0) is 17.1. The van der Waals surface area contributed by atoms with E-state index in [4.69, 9.17) is 11.6 Å². The molecule has 122 valence electrons. The molecule has 0 atom stereocenters.